The summed E-state index contributed by atoms with van der Waals surface area (Å²) in [4.78, 5) is 6.20. The Labute approximate surface area is 210 Å². The van der Waals surface area contributed by atoms with Crippen molar-refractivity contribution in [1.29, 1.82) is 5.41 Å². The number of hydrazone groups is 1. The van der Waals surface area contributed by atoms with Gasteiger partial charge in [0.1, 0.15) is 5.84 Å². The first-order valence-corrected chi connectivity index (χ1v) is 11.6. The van der Waals surface area contributed by atoms with Crippen molar-refractivity contribution in [2.75, 3.05) is 7.05 Å². The molecular formula is C25H20Cl2F3N5. The quantitative estimate of drug-likeness (QED) is 0.446. The van der Waals surface area contributed by atoms with Gasteiger partial charge in [-0.15, -0.1) is 0 Å². The Kier molecular flexibility index (Phi) is 5.76. The van der Waals surface area contributed by atoms with Crippen LogP contribution in [0, 0.1) is 5.41 Å². The molecule has 0 spiro atoms. The fourth-order valence-electron chi connectivity index (χ4n) is 4.76. The fourth-order valence-corrected chi connectivity index (χ4v) is 5.29. The first-order chi connectivity index (χ1) is 16.6. The molecule has 0 saturated heterocycles. The zero-order chi connectivity index (χ0) is 25.0. The monoisotopic (exact) mass is 517 g/mol. The van der Waals surface area contributed by atoms with Gasteiger partial charge in [0.15, 0.2) is 5.54 Å². The Hall–Kier alpha value is -3.10. The second-order valence-corrected chi connectivity index (χ2v) is 9.53. The number of pyridine rings is 1. The second kappa shape index (κ2) is 8.53. The largest absolute Gasteiger partial charge is 0.417 e. The molecule has 5 nitrogen and oxygen atoms in total. The van der Waals surface area contributed by atoms with E-state index in [0.29, 0.717) is 30.2 Å². The molecule has 3 heterocycles. The Morgan fingerprint density at radius 3 is 2.46 bits per heavy atom. The number of nitrogens with zero attached hydrogens (tertiary/aromatic N) is 4. The average Bonchev–Trinajstić information content (AvgIpc) is 3.31. The summed E-state index contributed by atoms with van der Waals surface area (Å²) < 4.78 is 43.8. The van der Waals surface area contributed by atoms with Crippen molar-refractivity contribution in [3.8, 4) is 0 Å². The van der Waals surface area contributed by atoms with Gasteiger partial charge in [0.25, 0.3) is 0 Å². The number of fused-ring (bicyclic) bond motifs is 1. The number of aromatic nitrogens is 1. The summed E-state index contributed by atoms with van der Waals surface area (Å²) in [7, 11) is 1.31. The zero-order valence-corrected chi connectivity index (χ0v) is 20.1. The Morgan fingerprint density at radius 1 is 1.06 bits per heavy atom. The van der Waals surface area contributed by atoms with Gasteiger partial charge in [0.05, 0.1) is 18.0 Å². The van der Waals surface area contributed by atoms with Crippen LogP contribution in [-0.2, 0) is 18.6 Å². The number of nitrogens with one attached hydrogen (secondary N) is 1. The molecule has 0 bridgehead atoms. The van der Waals surface area contributed by atoms with E-state index in [2.05, 4.69) is 10.1 Å². The number of amidine groups is 1. The first kappa shape index (κ1) is 23.6. The number of alkyl halides is 3. The van der Waals surface area contributed by atoms with Gasteiger partial charge in [-0.1, -0.05) is 41.4 Å². The molecule has 1 N–H and O–H groups in total. The van der Waals surface area contributed by atoms with E-state index < -0.39 is 18.1 Å². The first-order valence-electron chi connectivity index (χ1n) is 10.8. The minimum Gasteiger partial charge on any atom is -0.346 e. The van der Waals surface area contributed by atoms with Crippen molar-refractivity contribution in [2.45, 2.75) is 31.2 Å². The minimum atomic E-state index is -4.64. The van der Waals surface area contributed by atoms with E-state index in [1.165, 1.54) is 25.2 Å². The molecule has 1 aromatic heterocycles. The van der Waals surface area contributed by atoms with E-state index in [9.17, 15) is 13.2 Å². The van der Waals surface area contributed by atoms with Crippen LogP contribution in [0.25, 0.3) is 0 Å². The third-order valence-corrected chi connectivity index (χ3v) is 6.94. The molecule has 1 unspecified atom stereocenters. The summed E-state index contributed by atoms with van der Waals surface area (Å²) in [5.74, 6) is 0.362. The van der Waals surface area contributed by atoms with Crippen molar-refractivity contribution in [3.63, 3.8) is 0 Å². The predicted molar refractivity (Wildman–Crippen MR) is 130 cm³/mol. The summed E-state index contributed by atoms with van der Waals surface area (Å²) in [6, 6.07) is 14.9. The lowest BCUT2D eigenvalue weighted by Crippen LogP contribution is -2.50. The smallest absolute Gasteiger partial charge is 0.346 e. The van der Waals surface area contributed by atoms with Crippen LogP contribution in [-0.4, -0.2) is 39.7 Å². The van der Waals surface area contributed by atoms with Crippen LogP contribution >= 0.6 is 23.2 Å². The summed E-state index contributed by atoms with van der Waals surface area (Å²) >= 11 is 12.1. The highest BCUT2D eigenvalue weighted by molar-refractivity contribution is 6.34. The molecule has 35 heavy (non-hydrogen) atoms. The van der Waals surface area contributed by atoms with E-state index >= 15 is 0 Å². The zero-order valence-electron chi connectivity index (χ0n) is 18.6. The van der Waals surface area contributed by atoms with Gasteiger partial charge < -0.3 is 4.90 Å². The van der Waals surface area contributed by atoms with Crippen LogP contribution in [0.5, 0.6) is 0 Å². The lowest BCUT2D eigenvalue weighted by atomic mass is 9.83. The molecule has 0 radical (unpaired) electrons. The van der Waals surface area contributed by atoms with Gasteiger partial charge in [-0.3, -0.25) is 15.4 Å². The lowest BCUT2D eigenvalue weighted by Gasteiger charge is -2.37. The standard InChI is InChI=1S/C25H20Cl2F3N5/c1-34-24(25(28,29)30,17-9-18(26)11-19(27)10-17)12-22(33-34)15-5-6-21-16(8-15)13-35(23(21)31)14-20-4-2-3-7-32-20/h2-11,31H,12-14H2,1H3. The Balaban J connectivity index is 1.46. The summed E-state index contributed by atoms with van der Waals surface area (Å²) in [6.45, 7) is 0.941. The molecule has 0 amide bonds. The van der Waals surface area contributed by atoms with Crippen molar-refractivity contribution < 1.29 is 13.2 Å². The number of hydrogen-bond acceptors (Lipinski definition) is 4. The van der Waals surface area contributed by atoms with Gasteiger partial charge in [0.2, 0.25) is 0 Å². The van der Waals surface area contributed by atoms with Gasteiger partial charge in [0, 0.05) is 41.8 Å². The van der Waals surface area contributed by atoms with E-state index in [0.717, 1.165) is 21.8 Å². The van der Waals surface area contributed by atoms with Gasteiger partial charge in [-0.25, -0.2) is 0 Å². The fraction of sp³-hybridized carbons (Fsp3) is 0.240. The molecule has 2 aliphatic rings. The molecule has 0 fully saturated rings. The Bertz CT molecular complexity index is 1320. The summed E-state index contributed by atoms with van der Waals surface area (Å²) in [5, 5.41) is 14.0. The highest BCUT2D eigenvalue weighted by Crippen LogP contribution is 2.50. The minimum absolute atomic E-state index is 0.0618. The third-order valence-electron chi connectivity index (χ3n) is 6.51. The highest BCUT2D eigenvalue weighted by Gasteiger charge is 2.62. The molecular weight excluding hydrogens is 498 g/mol. The topological polar surface area (TPSA) is 55.6 Å². The molecule has 0 aliphatic carbocycles. The van der Waals surface area contributed by atoms with E-state index in [4.69, 9.17) is 28.6 Å². The second-order valence-electron chi connectivity index (χ2n) is 8.66. The van der Waals surface area contributed by atoms with Crippen molar-refractivity contribution in [1.82, 2.24) is 14.9 Å². The van der Waals surface area contributed by atoms with Crippen molar-refractivity contribution in [2.24, 2.45) is 5.10 Å². The van der Waals surface area contributed by atoms with Crippen LogP contribution in [0.1, 0.15) is 34.4 Å². The normalized spacial score (nSPS) is 19.8. The molecule has 1 atom stereocenters. The lowest BCUT2D eigenvalue weighted by molar-refractivity contribution is -0.227. The maximum Gasteiger partial charge on any atom is 0.417 e. The van der Waals surface area contributed by atoms with Gasteiger partial charge in [-0.05, 0) is 53.1 Å². The Morgan fingerprint density at radius 2 is 1.80 bits per heavy atom. The van der Waals surface area contributed by atoms with Crippen molar-refractivity contribution in [3.05, 3.63) is 98.8 Å². The van der Waals surface area contributed by atoms with E-state index in [1.54, 1.807) is 18.3 Å². The number of rotatable bonds is 4. The van der Waals surface area contributed by atoms with Crippen LogP contribution in [0.4, 0.5) is 13.2 Å². The van der Waals surface area contributed by atoms with Crippen molar-refractivity contribution >= 4 is 34.7 Å². The van der Waals surface area contributed by atoms with E-state index in [-0.39, 0.29) is 15.6 Å². The van der Waals surface area contributed by atoms with Crippen LogP contribution < -0.4 is 0 Å². The molecule has 2 aromatic carbocycles. The average molecular weight is 518 g/mol. The molecule has 0 saturated carbocycles. The highest BCUT2D eigenvalue weighted by atomic mass is 35.5. The maximum atomic E-state index is 14.6. The van der Waals surface area contributed by atoms with E-state index in [1.807, 2.05) is 29.2 Å². The van der Waals surface area contributed by atoms with Crippen LogP contribution in [0.15, 0.2) is 65.9 Å². The molecule has 5 rings (SSSR count). The predicted octanol–water partition coefficient (Wildman–Crippen LogP) is 6.23. The molecule has 10 heteroatoms. The molecule has 180 valence electrons. The van der Waals surface area contributed by atoms with Gasteiger partial charge in [-0.2, -0.15) is 18.3 Å². The van der Waals surface area contributed by atoms with Crippen LogP contribution in [0.2, 0.25) is 10.0 Å². The number of hydrogen-bond donors (Lipinski definition) is 1. The number of halogens is 5. The maximum absolute atomic E-state index is 14.6. The van der Waals surface area contributed by atoms with Crippen LogP contribution in [0.3, 0.4) is 0 Å². The number of benzene rings is 2. The SMILES string of the molecule is CN1N=C(c2ccc3c(c2)CN(Cc2ccccn2)C3=N)CC1(c1cc(Cl)cc(Cl)c1)C(F)(F)F. The summed E-state index contributed by atoms with van der Waals surface area (Å²) in [5.41, 5.74) is 0.883. The molecule has 2 aliphatic heterocycles. The van der Waals surface area contributed by atoms with Gasteiger partial charge >= 0.3 is 6.18 Å². The summed E-state index contributed by atoms with van der Waals surface area (Å²) in [6.07, 6.45) is -3.33. The molecule has 3 aromatic rings. The third kappa shape index (κ3) is 4.04.